The lowest BCUT2D eigenvalue weighted by Gasteiger charge is -1.97. The molecule has 0 bridgehead atoms. The molecule has 0 atom stereocenters. The van der Waals surface area contributed by atoms with Gasteiger partial charge in [0, 0.05) is 5.57 Å². The second kappa shape index (κ2) is 6.27. The number of allylic oxidation sites excluding steroid dienone is 9. The van der Waals surface area contributed by atoms with E-state index >= 15 is 0 Å². The van der Waals surface area contributed by atoms with Crippen LogP contribution in [0.4, 0.5) is 0 Å². The maximum atomic E-state index is 11.7. The van der Waals surface area contributed by atoms with Crippen molar-refractivity contribution < 1.29 is 9.53 Å². The lowest BCUT2D eigenvalue weighted by Crippen LogP contribution is -1.95. The Hall–Kier alpha value is -2.87. The standard InChI is InChI=1S/C20H18O2/c1-6-16-13(3)12-14(4)18(16)10-8-9-11-19-17(7-2)15(5)22-20(19)21/h6-11H,1-5,12H2/b10-8-,11-9-. The molecule has 2 heteroatoms. The molecule has 22 heavy (non-hydrogen) atoms. The first-order valence-electron chi connectivity index (χ1n) is 6.85. The third-order valence-electron chi connectivity index (χ3n) is 3.55. The monoisotopic (exact) mass is 290 g/mol. The molecule has 2 nitrogen and oxygen atoms in total. The summed E-state index contributed by atoms with van der Waals surface area (Å²) in [5.74, 6) is -0.0741. The second-order valence-corrected chi connectivity index (χ2v) is 4.98. The highest BCUT2D eigenvalue weighted by Gasteiger charge is 2.24. The van der Waals surface area contributed by atoms with E-state index in [1.807, 2.05) is 12.2 Å². The number of hydrogen-bond acceptors (Lipinski definition) is 2. The van der Waals surface area contributed by atoms with Gasteiger partial charge in [0.25, 0.3) is 0 Å². The van der Waals surface area contributed by atoms with E-state index in [-0.39, 0.29) is 0 Å². The number of ether oxygens (including phenoxy) is 1. The van der Waals surface area contributed by atoms with Crippen molar-refractivity contribution in [2.75, 3.05) is 0 Å². The fraction of sp³-hybridized carbons (Fsp3) is 0.0500. The minimum atomic E-state index is -0.408. The van der Waals surface area contributed by atoms with Gasteiger partial charge < -0.3 is 4.74 Å². The summed E-state index contributed by atoms with van der Waals surface area (Å²) >= 11 is 0. The van der Waals surface area contributed by atoms with Crippen LogP contribution in [0, 0.1) is 0 Å². The minimum Gasteiger partial charge on any atom is -0.423 e. The van der Waals surface area contributed by atoms with E-state index in [1.165, 1.54) is 0 Å². The van der Waals surface area contributed by atoms with E-state index in [9.17, 15) is 4.79 Å². The van der Waals surface area contributed by atoms with Crippen molar-refractivity contribution in [1.82, 2.24) is 0 Å². The predicted octanol–water partition coefficient (Wildman–Crippen LogP) is 4.65. The average Bonchev–Trinajstić information content (AvgIpc) is 2.90. The van der Waals surface area contributed by atoms with Gasteiger partial charge >= 0.3 is 5.97 Å². The third-order valence-corrected chi connectivity index (χ3v) is 3.55. The molecule has 0 aromatic carbocycles. The van der Waals surface area contributed by atoms with Crippen LogP contribution in [0.25, 0.3) is 0 Å². The summed E-state index contributed by atoms with van der Waals surface area (Å²) in [7, 11) is 0. The molecule has 0 fully saturated rings. The fourth-order valence-corrected chi connectivity index (χ4v) is 2.46. The van der Waals surface area contributed by atoms with Gasteiger partial charge in [-0.25, -0.2) is 4.79 Å². The Labute approximate surface area is 131 Å². The molecule has 2 rings (SSSR count). The van der Waals surface area contributed by atoms with Crippen LogP contribution in [0.2, 0.25) is 0 Å². The van der Waals surface area contributed by atoms with Crippen molar-refractivity contribution in [2.45, 2.75) is 6.42 Å². The van der Waals surface area contributed by atoms with Gasteiger partial charge in [0.05, 0.1) is 5.57 Å². The zero-order valence-corrected chi connectivity index (χ0v) is 12.5. The molecule has 0 N–H and O–H groups in total. The summed E-state index contributed by atoms with van der Waals surface area (Å²) in [5, 5.41) is 0. The van der Waals surface area contributed by atoms with Crippen molar-refractivity contribution in [3.8, 4) is 0 Å². The quantitative estimate of drug-likeness (QED) is 0.544. The summed E-state index contributed by atoms with van der Waals surface area (Å²) < 4.78 is 4.97. The molecule has 1 heterocycles. The highest BCUT2D eigenvalue weighted by molar-refractivity contribution is 5.98. The van der Waals surface area contributed by atoms with Gasteiger partial charge in [-0.3, -0.25) is 0 Å². The van der Waals surface area contributed by atoms with Crippen LogP contribution in [-0.4, -0.2) is 5.97 Å². The number of hydrogen-bond donors (Lipinski definition) is 0. The van der Waals surface area contributed by atoms with Crippen LogP contribution in [-0.2, 0) is 9.53 Å². The smallest absolute Gasteiger partial charge is 0.344 e. The number of rotatable bonds is 5. The minimum absolute atomic E-state index is 0.334. The molecule has 0 spiro atoms. The normalized spacial score (nSPS) is 19.1. The van der Waals surface area contributed by atoms with Crippen LogP contribution < -0.4 is 0 Å². The van der Waals surface area contributed by atoms with E-state index in [0.29, 0.717) is 16.9 Å². The highest BCUT2D eigenvalue weighted by atomic mass is 16.5. The molecule has 2 aliphatic rings. The molecule has 0 unspecified atom stereocenters. The number of carbonyl (C=O) groups excluding carboxylic acids is 1. The Balaban J connectivity index is 2.23. The molecule has 110 valence electrons. The molecular formula is C20H18O2. The van der Waals surface area contributed by atoms with Crippen molar-refractivity contribution in [3.05, 3.63) is 109 Å². The lowest BCUT2D eigenvalue weighted by atomic mass is 10.1. The maximum Gasteiger partial charge on any atom is 0.344 e. The molecule has 0 saturated carbocycles. The first-order valence-corrected chi connectivity index (χ1v) is 6.85. The number of esters is 1. The van der Waals surface area contributed by atoms with Crippen molar-refractivity contribution >= 4 is 5.97 Å². The zero-order chi connectivity index (χ0) is 16.3. The highest BCUT2D eigenvalue weighted by Crippen LogP contribution is 2.35. The Bertz CT molecular complexity index is 670. The van der Waals surface area contributed by atoms with E-state index in [0.717, 1.165) is 28.7 Å². The molecule has 0 radical (unpaired) electrons. The topological polar surface area (TPSA) is 26.3 Å². The molecular weight excluding hydrogens is 272 g/mol. The van der Waals surface area contributed by atoms with Crippen LogP contribution in [0.15, 0.2) is 109 Å². The van der Waals surface area contributed by atoms with Crippen LogP contribution in [0.1, 0.15) is 6.42 Å². The second-order valence-electron chi connectivity index (χ2n) is 4.98. The Kier molecular flexibility index (Phi) is 4.42. The van der Waals surface area contributed by atoms with E-state index in [1.54, 1.807) is 24.3 Å². The fourth-order valence-electron chi connectivity index (χ4n) is 2.46. The van der Waals surface area contributed by atoms with Gasteiger partial charge in [0.1, 0.15) is 5.76 Å². The average molecular weight is 290 g/mol. The van der Waals surface area contributed by atoms with E-state index in [2.05, 4.69) is 32.9 Å². The SMILES string of the molecule is C=CC1=C(/C=C\C=C/C2=C(C=C)C(=C)OC2=O)C(=C)CC1=C. The zero-order valence-electron chi connectivity index (χ0n) is 12.5. The van der Waals surface area contributed by atoms with E-state index in [4.69, 9.17) is 4.74 Å². The van der Waals surface area contributed by atoms with Gasteiger partial charge in [-0.05, 0) is 34.8 Å². The maximum absolute atomic E-state index is 11.7. The predicted molar refractivity (Wildman–Crippen MR) is 90.9 cm³/mol. The molecule has 1 aliphatic carbocycles. The Morgan fingerprint density at radius 1 is 0.818 bits per heavy atom. The summed E-state index contributed by atoms with van der Waals surface area (Å²) in [6.45, 7) is 19.2. The summed E-state index contributed by atoms with van der Waals surface area (Å²) in [5.41, 5.74) is 5.17. The lowest BCUT2D eigenvalue weighted by molar-refractivity contribution is -0.132. The third kappa shape index (κ3) is 2.77. The Morgan fingerprint density at radius 2 is 1.36 bits per heavy atom. The number of carbonyl (C=O) groups is 1. The van der Waals surface area contributed by atoms with Crippen LogP contribution >= 0.6 is 0 Å². The molecule has 0 aromatic heterocycles. The van der Waals surface area contributed by atoms with Gasteiger partial charge in [0.2, 0.25) is 0 Å². The Morgan fingerprint density at radius 3 is 1.95 bits per heavy atom. The van der Waals surface area contributed by atoms with Crippen LogP contribution in [0.5, 0.6) is 0 Å². The molecule has 0 saturated heterocycles. The van der Waals surface area contributed by atoms with Crippen molar-refractivity contribution in [3.63, 3.8) is 0 Å². The van der Waals surface area contributed by atoms with Crippen molar-refractivity contribution in [1.29, 1.82) is 0 Å². The molecule has 0 amide bonds. The first kappa shape index (κ1) is 15.5. The van der Waals surface area contributed by atoms with Crippen LogP contribution in [0.3, 0.4) is 0 Å². The molecule has 1 aliphatic heterocycles. The van der Waals surface area contributed by atoms with Crippen molar-refractivity contribution in [2.24, 2.45) is 0 Å². The van der Waals surface area contributed by atoms with Gasteiger partial charge in [-0.15, -0.1) is 0 Å². The van der Waals surface area contributed by atoms with E-state index < -0.39 is 5.97 Å². The van der Waals surface area contributed by atoms with Gasteiger partial charge in [-0.2, -0.15) is 0 Å². The van der Waals surface area contributed by atoms with Gasteiger partial charge in [-0.1, -0.05) is 63.3 Å². The summed E-state index contributed by atoms with van der Waals surface area (Å²) in [6.07, 6.45) is 11.4. The molecule has 0 aromatic rings. The first-order chi connectivity index (χ1) is 10.5. The summed E-state index contributed by atoms with van der Waals surface area (Å²) in [6, 6.07) is 0. The largest absolute Gasteiger partial charge is 0.423 e. The summed E-state index contributed by atoms with van der Waals surface area (Å²) in [4.78, 5) is 11.7. The van der Waals surface area contributed by atoms with Gasteiger partial charge in [0.15, 0.2) is 0 Å². The number of cyclic esters (lactones) is 1.